The van der Waals surface area contributed by atoms with Gasteiger partial charge in [-0.1, -0.05) is 0 Å². The first-order valence-corrected chi connectivity index (χ1v) is 6.19. The average Bonchev–Trinajstić information content (AvgIpc) is 2.81. The fourth-order valence-electron chi connectivity index (χ4n) is 1.21. The number of rotatable bonds is 8. The van der Waals surface area contributed by atoms with Crippen LogP contribution in [0.4, 0.5) is 5.13 Å². The quantitative estimate of drug-likeness (QED) is 0.735. The molecule has 2 N–H and O–H groups in total. The second-order valence-electron chi connectivity index (χ2n) is 3.67. The van der Waals surface area contributed by atoms with Gasteiger partial charge in [0.25, 0.3) is 0 Å². The van der Waals surface area contributed by atoms with Crippen molar-refractivity contribution in [1.29, 1.82) is 0 Å². The summed E-state index contributed by atoms with van der Waals surface area (Å²) >= 11 is 1.21. The molecule has 0 radical (unpaired) electrons. The summed E-state index contributed by atoms with van der Waals surface area (Å²) in [6, 6.07) is 0. The van der Waals surface area contributed by atoms with Gasteiger partial charge in [-0.15, -0.1) is 0 Å². The SMILES string of the molecule is COC(CNc1nc(C(C)OC)ns1)CC(=O)O. The van der Waals surface area contributed by atoms with Crippen LogP contribution in [0.1, 0.15) is 25.3 Å². The molecule has 18 heavy (non-hydrogen) atoms. The molecular formula is C10H17N3O4S. The van der Waals surface area contributed by atoms with Crippen molar-refractivity contribution < 1.29 is 19.4 Å². The van der Waals surface area contributed by atoms with Crippen molar-refractivity contribution in [2.24, 2.45) is 0 Å². The number of nitrogens with zero attached hydrogens (tertiary/aromatic N) is 2. The molecule has 1 heterocycles. The first-order chi connectivity index (χ1) is 8.56. The minimum atomic E-state index is -0.894. The maximum Gasteiger partial charge on any atom is 0.306 e. The van der Waals surface area contributed by atoms with Crippen LogP contribution < -0.4 is 5.32 Å². The zero-order chi connectivity index (χ0) is 13.5. The first-order valence-electron chi connectivity index (χ1n) is 5.41. The molecule has 0 aliphatic carbocycles. The number of hydrogen-bond donors (Lipinski definition) is 2. The predicted molar refractivity (Wildman–Crippen MR) is 66.9 cm³/mol. The largest absolute Gasteiger partial charge is 0.481 e. The predicted octanol–water partition coefficient (Wildman–Crippen LogP) is 1.15. The summed E-state index contributed by atoms with van der Waals surface area (Å²) in [6.45, 7) is 2.23. The van der Waals surface area contributed by atoms with Crippen LogP contribution >= 0.6 is 11.5 Å². The highest BCUT2D eigenvalue weighted by Gasteiger charge is 2.14. The van der Waals surface area contributed by atoms with Gasteiger partial charge in [-0.25, -0.2) is 4.98 Å². The Balaban J connectivity index is 2.47. The Labute approximate surface area is 109 Å². The Morgan fingerprint density at radius 1 is 1.50 bits per heavy atom. The van der Waals surface area contributed by atoms with E-state index in [0.717, 1.165) is 0 Å². The van der Waals surface area contributed by atoms with Crippen LogP contribution in [0.25, 0.3) is 0 Å². The van der Waals surface area contributed by atoms with Gasteiger partial charge in [0.2, 0.25) is 5.13 Å². The summed E-state index contributed by atoms with van der Waals surface area (Å²) in [4.78, 5) is 14.8. The molecule has 2 unspecified atom stereocenters. The van der Waals surface area contributed by atoms with Crippen LogP contribution in [0.15, 0.2) is 0 Å². The summed E-state index contributed by atoms with van der Waals surface area (Å²) in [7, 11) is 3.07. The molecule has 102 valence electrons. The normalized spacial score (nSPS) is 14.2. The standard InChI is InChI=1S/C10H17N3O4S/c1-6(16-2)9-12-10(18-13-9)11-5-7(17-3)4-8(14)15/h6-7H,4-5H2,1-3H3,(H,14,15)(H,11,12,13). The summed E-state index contributed by atoms with van der Waals surface area (Å²) in [5.74, 6) is -0.285. The van der Waals surface area contributed by atoms with Crippen molar-refractivity contribution in [2.45, 2.75) is 25.6 Å². The second-order valence-corrected chi connectivity index (χ2v) is 4.42. The van der Waals surface area contributed by atoms with Crippen LogP contribution in [0.3, 0.4) is 0 Å². The van der Waals surface area contributed by atoms with Gasteiger partial charge in [-0.05, 0) is 6.92 Å². The number of anilines is 1. The number of methoxy groups -OCH3 is 2. The first kappa shape index (κ1) is 14.8. The maximum atomic E-state index is 10.6. The lowest BCUT2D eigenvalue weighted by Crippen LogP contribution is -2.24. The monoisotopic (exact) mass is 275 g/mol. The lowest BCUT2D eigenvalue weighted by atomic mass is 10.2. The van der Waals surface area contributed by atoms with E-state index in [4.69, 9.17) is 14.6 Å². The summed E-state index contributed by atoms with van der Waals surface area (Å²) in [5, 5.41) is 12.3. The average molecular weight is 275 g/mol. The van der Waals surface area contributed by atoms with Crippen molar-refractivity contribution in [1.82, 2.24) is 9.36 Å². The van der Waals surface area contributed by atoms with Gasteiger partial charge < -0.3 is 19.9 Å². The van der Waals surface area contributed by atoms with Crippen LogP contribution in [-0.2, 0) is 14.3 Å². The molecule has 0 bridgehead atoms. The Morgan fingerprint density at radius 2 is 2.22 bits per heavy atom. The van der Waals surface area contributed by atoms with Crippen molar-refractivity contribution in [3.8, 4) is 0 Å². The fourth-order valence-corrected chi connectivity index (χ4v) is 1.86. The maximum absolute atomic E-state index is 10.6. The van der Waals surface area contributed by atoms with Crippen molar-refractivity contribution in [3.63, 3.8) is 0 Å². The highest BCUT2D eigenvalue weighted by Crippen LogP contribution is 2.18. The number of nitrogens with one attached hydrogen (secondary N) is 1. The molecule has 2 atom stereocenters. The lowest BCUT2D eigenvalue weighted by molar-refractivity contribution is -0.139. The number of carboxylic acids is 1. The molecule has 1 rings (SSSR count). The van der Waals surface area contributed by atoms with Gasteiger partial charge in [-0.3, -0.25) is 4.79 Å². The number of ether oxygens (including phenoxy) is 2. The Kier molecular flexibility index (Phi) is 5.96. The minimum absolute atomic E-state index is 0.0519. The molecular weight excluding hydrogens is 258 g/mol. The fraction of sp³-hybridized carbons (Fsp3) is 0.700. The molecule has 0 aromatic carbocycles. The zero-order valence-electron chi connectivity index (χ0n) is 10.5. The molecule has 0 saturated carbocycles. The number of aliphatic carboxylic acids is 1. The van der Waals surface area contributed by atoms with Crippen molar-refractivity contribution in [3.05, 3.63) is 5.82 Å². The van der Waals surface area contributed by atoms with E-state index in [-0.39, 0.29) is 12.5 Å². The number of aromatic nitrogens is 2. The van der Waals surface area contributed by atoms with E-state index in [2.05, 4.69) is 14.7 Å². The van der Waals surface area contributed by atoms with E-state index >= 15 is 0 Å². The molecule has 0 aliphatic heterocycles. The third kappa shape index (κ3) is 4.55. The highest BCUT2D eigenvalue weighted by atomic mass is 32.1. The van der Waals surface area contributed by atoms with Gasteiger partial charge in [-0.2, -0.15) is 4.37 Å². The summed E-state index contributed by atoms with van der Waals surface area (Å²) in [6.07, 6.45) is -0.604. The zero-order valence-corrected chi connectivity index (χ0v) is 11.4. The number of carboxylic acid groups (broad SMARTS) is 1. The van der Waals surface area contributed by atoms with Gasteiger partial charge >= 0.3 is 5.97 Å². The van der Waals surface area contributed by atoms with Gasteiger partial charge in [0, 0.05) is 32.3 Å². The van der Waals surface area contributed by atoms with E-state index in [1.165, 1.54) is 18.6 Å². The van der Waals surface area contributed by atoms with E-state index in [9.17, 15) is 4.79 Å². The van der Waals surface area contributed by atoms with Crippen molar-refractivity contribution >= 4 is 22.6 Å². The third-order valence-electron chi connectivity index (χ3n) is 2.38. The Bertz CT molecular complexity index is 385. The van der Waals surface area contributed by atoms with Gasteiger partial charge in [0.1, 0.15) is 6.10 Å². The van der Waals surface area contributed by atoms with E-state index < -0.39 is 12.1 Å². The minimum Gasteiger partial charge on any atom is -0.481 e. The van der Waals surface area contributed by atoms with E-state index in [0.29, 0.717) is 17.5 Å². The smallest absolute Gasteiger partial charge is 0.306 e. The molecule has 8 heteroatoms. The van der Waals surface area contributed by atoms with Crippen LogP contribution in [0.5, 0.6) is 0 Å². The van der Waals surface area contributed by atoms with E-state index in [1.807, 2.05) is 6.92 Å². The summed E-state index contributed by atoms with van der Waals surface area (Å²) < 4.78 is 14.3. The molecule has 7 nitrogen and oxygen atoms in total. The molecule has 0 fully saturated rings. The van der Waals surface area contributed by atoms with Crippen LogP contribution in [-0.4, -0.2) is 47.3 Å². The lowest BCUT2D eigenvalue weighted by Gasteiger charge is -2.12. The molecule has 0 spiro atoms. The second kappa shape index (κ2) is 7.24. The molecule has 1 aromatic rings. The number of carbonyl (C=O) groups is 1. The Morgan fingerprint density at radius 3 is 2.78 bits per heavy atom. The van der Waals surface area contributed by atoms with Crippen LogP contribution in [0, 0.1) is 0 Å². The molecule has 0 aliphatic rings. The number of hydrogen-bond acceptors (Lipinski definition) is 7. The van der Waals surface area contributed by atoms with Crippen LogP contribution in [0.2, 0.25) is 0 Å². The molecule has 0 saturated heterocycles. The van der Waals surface area contributed by atoms with E-state index in [1.54, 1.807) is 7.11 Å². The third-order valence-corrected chi connectivity index (χ3v) is 3.06. The summed E-state index contributed by atoms with van der Waals surface area (Å²) in [5.41, 5.74) is 0. The molecule has 0 amide bonds. The van der Waals surface area contributed by atoms with Gasteiger partial charge in [0.15, 0.2) is 5.82 Å². The Hall–Kier alpha value is -1.25. The van der Waals surface area contributed by atoms with Crippen molar-refractivity contribution in [2.75, 3.05) is 26.1 Å². The molecule has 1 aromatic heterocycles. The highest BCUT2D eigenvalue weighted by molar-refractivity contribution is 7.09. The topological polar surface area (TPSA) is 93.6 Å². The van der Waals surface area contributed by atoms with Gasteiger partial charge in [0.05, 0.1) is 12.5 Å².